The molecular formula is C13H20N2O3S. The van der Waals surface area contributed by atoms with E-state index >= 15 is 0 Å². The molecule has 106 valence electrons. The quantitative estimate of drug-likeness (QED) is 0.852. The highest BCUT2D eigenvalue weighted by Gasteiger charge is 2.17. The van der Waals surface area contributed by atoms with Crippen molar-refractivity contribution in [2.24, 2.45) is 0 Å². The summed E-state index contributed by atoms with van der Waals surface area (Å²) in [5.74, 6) is -0.222. The third-order valence-corrected chi connectivity index (χ3v) is 4.28. The van der Waals surface area contributed by atoms with Gasteiger partial charge in [0.05, 0.1) is 11.4 Å². The van der Waals surface area contributed by atoms with Crippen LogP contribution in [0.15, 0.2) is 29.2 Å². The number of rotatable bonds is 6. The minimum Gasteiger partial charge on any atom is -0.342 e. The van der Waals surface area contributed by atoms with Crippen molar-refractivity contribution in [2.75, 3.05) is 19.6 Å². The van der Waals surface area contributed by atoms with Crippen LogP contribution in [-0.2, 0) is 14.8 Å². The van der Waals surface area contributed by atoms with Gasteiger partial charge in [-0.3, -0.25) is 4.79 Å². The van der Waals surface area contributed by atoms with Crippen LogP contribution in [0.2, 0.25) is 0 Å². The molecule has 0 saturated heterocycles. The van der Waals surface area contributed by atoms with E-state index in [1.54, 1.807) is 17.0 Å². The summed E-state index contributed by atoms with van der Waals surface area (Å²) in [6.07, 6.45) is 0. The molecule has 0 heterocycles. The number of carbonyl (C=O) groups is 1. The van der Waals surface area contributed by atoms with Crippen molar-refractivity contribution < 1.29 is 13.2 Å². The number of sulfonamides is 1. The van der Waals surface area contributed by atoms with Gasteiger partial charge in [0, 0.05) is 13.1 Å². The van der Waals surface area contributed by atoms with Crippen LogP contribution in [-0.4, -0.2) is 38.9 Å². The van der Waals surface area contributed by atoms with Gasteiger partial charge >= 0.3 is 0 Å². The Morgan fingerprint density at radius 3 is 2.16 bits per heavy atom. The van der Waals surface area contributed by atoms with E-state index in [-0.39, 0.29) is 17.3 Å². The summed E-state index contributed by atoms with van der Waals surface area (Å²) in [6.45, 7) is 6.53. The van der Waals surface area contributed by atoms with E-state index in [0.29, 0.717) is 13.1 Å². The standard InChI is InChI=1S/C13H20N2O3S/c1-4-15(5-2)13(16)10-14-19(17,18)12-8-6-11(3)7-9-12/h6-9,14H,4-5,10H2,1-3H3. The van der Waals surface area contributed by atoms with Gasteiger partial charge in [0.15, 0.2) is 0 Å². The lowest BCUT2D eigenvalue weighted by Crippen LogP contribution is -2.39. The number of hydrogen-bond acceptors (Lipinski definition) is 3. The molecule has 0 radical (unpaired) electrons. The van der Waals surface area contributed by atoms with Gasteiger partial charge in [0.25, 0.3) is 0 Å². The van der Waals surface area contributed by atoms with Crippen molar-refractivity contribution in [1.82, 2.24) is 9.62 Å². The molecule has 19 heavy (non-hydrogen) atoms. The molecule has 1 aromatic carbocycles. The fourth-order valence-corrected chi connectivity index (χ4v) is 2.62. The van der Waals surface area contributed by atoms with Crippen LogP contribution in [0.25, 0.3) is 0 Å². The second-order valence-electron chi connectivity index (χ2n) is 4.20. The van der Waals surface area contributed by atoms with Crippen LogP contribution in [0.3, 0.4) is 0 Å². The van der Waals surface area contributed by atoms with E-state index in [2.05, 4.69) is 4.72 Å². The van der Waals surface area contributed by atoms with E-state index in [0.717, 1.165) is 5.56 Å². The average molecular weight is 284 g/mol. The second-order valence-corrected chi connectivity index (χ2v) is 5.97. The molecular weight excluding hydrogens is 264 g/mol. The molecule has 1 N–H and O–H groups in total. The molecule has 0 aliphatic rings. The van der Waals surface area contributed by atoms with Gasteiger partial charge in [-0.1, -0.05) is 17.7 Å². The van der Waals surface area contributed by atoms with Crippen LogP contribution in [0.4, 0.5) is 0 Å². The molecule has 0 aromatic heterocycles. The van der Waals surface area contributed by atoms with E-state index < -0.39 is 10.0 Å². The smallest absolute Gasteiger partial charge is 0.241 e. The fraction of sp³-hybridized carbons (Fsp3) is 0.462. The molecule has 0 aliphatic carbocycles. The second kappa shape index (κ2) is 6.68. The van der Waals surface area contributed by atoms with Crippen molar-refractivity contribution >= 4 is 15.9 Å². The first kappa shape index (κ1) is 15.7. The molecule has 0 unspecified atom stereocenters. The SMILES string of the molecule is CCN(CC)C(=O)CNS(=O)(=O)c1ccc(C)cc1. The maximum atomic E-state index is 12.0. The molecule has 5 nitrogen and oxygen atoms in total. The number of aryl methyl sites for hydroxylation is 1. The molecule has 0 bridgehead atoms. The van der Waals surface area contributed by atoms with Gasteiger partial charge in [-0.05, 0) is 32.9 Å². The maximum Gasteiger partial charge on any atom is 0.241 e. The Morgan fingerprint density at radius 2 is 1.68 bits per heavy atom. The zero-order chi connectivity index (χ0) is 14.5. The molecule has 1 aromatic rings. The van der Waals surface area contributed by atoms with Gasteiger partial charge in [0.1, 0.15) is 0 Å². The maximum absolute atomic E-state index is 12.0. The minimum atomic E-state index is -3.62. The molecule has 0 aliphatic heterocycles. The van der Waals surface area contributed by atoms with Gasteiger partial charge in [-0.15, -0.1) is 0 Å². The lowest BCUT2D eigenvalue weighted by atomic mass is 10.2. The Labute approximate surface area is 114 Å². The number of nitrogens with one attached hydrogen (secondary N) is 1. The molecule has 1 rings (SSSR count). The Morgan fingerprint density at radius 1 is 1.16 bits per heavy atom. The van der Waals surface area contributed by atoms with Crippen LogP contribution in [0, 0.1) is 6.92 Å². The monoisotopic (exact) mass is 284 g/mol. The highest BCUT2D eigenvalue weighted by Crippen LogP contribution is 2.09. The van der Waals surface area contributed by atoms with Crippen LogP contribution >= 0.6 is 0 Å². The minimum absolute atomic E-state index is 0.172. The van der Waals surface area contributed by atoms with Crippen LogP contribution in [0.5, 0.6) is 0 Å². The summed E-state index contributed by atoms with van der Waals surface area (Å²) in [5, 5.41) is 0. The third-order valence-electron chi connectivity index (χ3n) is 2.86. The molecule has 6 heteroatoms. The Balaban J connectivity index is 2.71. The van der Waals surface area contributed by atoms with Gasteiger partial charge < -0.3 is 4.90 Å². The van der Waals surface area contributed by atoms with Crippen LogP contribution < -0.4 is 4.72 Å². The fourth-order valence-electron chi connectivity index (χ4n) is 1.65. The van der Waals surface area contributed by atoms with Crippen molar-refractivity contribution in [3.8, 4) is 0 Å². The van der Waals surface area contributed by atoms with E-state index in [9.17, 15) is 13.2 Å². The van der Waals surface area contributed by atoms with Gasteiger partial charge in [-0.25, -0.2) is 13.1 Å². The Hall–Kier alpha value is -1.40. The molecule has 0 spiro atoms. The average Bonchev–Trinajstić information content (AvgIpc) is 2.38. The first-order valence-electron chi connectivity index (χ1n) is 6.24. The molecule has 0 saturated carbocycles. The number of likely N-dealkylation sites (N-methyl/N-ethyl adjacent to an activating group) is 1. The summed E-state index contributed by atoms with van der Waals surface area (Å²) in [5.41, 5.74) is 0.984. The Bertz CT molecular complexity index is 519. The lowest BCUT2D eigenvalue weighted by molar-refractivity contribution is -0.129. The van der Waals surface area contributed by atoms with Gasteiger partial charge in [-0.2, -0.15) is 0 Å². The number of carbonyl (C=O) groups excluding carboxylic acids is 1. The normalized spacial score (nSPS) is 11.3. The highest BCUT2D eigenvalue weighted by atomic mass is 32.2. The topological polar surface area (TPSA) is 66.5 Å². The predicted molar refractivity (Wildman–Crippen MR) is 74.3 cm³/mol. The number of nitrogens with zero attached hydrogens (tertiary/aromatic N) is 1. The summed E-state index contributed by atoms with van der Waals surface area (Å²) in [7, 11) is -3.62. The van der Waals surface area contributed by atoms with Crippen molar-refractivity contribution in [3.63, 3.8) is 0 Å². The van der Waals surface area contributed by atoms with E-state index in [4.69, 9.17) is 0 Å². The summed E-state index contributed by atoms with van der Waals surface area (Å²) >= 11 is 0. The first-order valence-corrected chi connectivity index (χ1v) is 7.73. The van der Waals surface area contributed by atoms with Gasteiger partial charge in [0.2, 0.25) is 15.9 Å². The number of hydrogen-bond donors (Lipinski definition) is 1. The van der Waals surface area contributed by atoms with Crippen molar-refractivity contribution in [1.29, 1.82) is 0 Å². The number of benzene rings is 1. The van der Waals surface area contributed by atoms with E-state index in [1.807, 2.05) is 20.8 Å². The van der Waals surface area contributed by atoms with Crippen LogP contribution in [0.1, 0.15) is 19.4 Å². The summed E-state index contributed by atoms with van der Waals surface area (Å²) < 4.78 is 26.3. The van der Waals surface area contributed by atoms with Crippen molar-refractivity contribution in [3.05, 3.63) is 29.8 Å². The largest absolute Gasteiger partial charge is 0.342 e. The molecule has 0 fully saturated rings. The summed E-state index contributed by atoms with van der Waals surface area (Å²) in [6, 6.07) is 6.50. The van der Waals surface area contributed by atoms with Crippen molar-refractivity contribution in [2.45, 2.75) is 25.7 Å². The third kappa shape index (κ3) is 4.33. The Kier molecular flexibility index (Phi) is 5.50. The summed E-state index contributed by atoms with van der Waals surface area (Å²) in [4.78, 5) is 13.5. The predicted octanol–water partition coefficient (Wildman–Crippen LogP) is 1.14. The molecule has 0 atom stereocenters. The zero-order valence-corrected chi connectivity index (χ0v) is 12.3. The molecule has 1 amide bonds. The first-order chi connectivity index (χ1) is 8.90. The number of amides is 1. The highest BCUT2D eigenvalue weighted by molar-refractivity contribution is 7.89. The lowest BCUT2D eigenvalue weighted by Gasteiger charge is -2.18. The van der Waals surface area contributed by atoms with E-state index in [1.165, 1.54) is 12.1 Å². The zero-order valence-electron chi connectivity index (χ0n) is 11.5.